The number of hydrogen-bond acceptors (Lipinski definition) is 1. The summed E-state index contributed by atoms with van der Waals surface area (Å²) >= 11 is 0. The third-order valence-electron chi connectivity index (χ3n) is 1.97. The van der Waals surface area contributed by atoms with Gasteiger partial charge in [-0.2, -0.15) is 0 Å². The van der Waals surface area contributed by atoms with Crippen LogP contribution in [-0.2, 0) is 0 Å². The minimum Gasteiger partial charge on any atom is -0.513 e. The predicted molar refractivity (Wildman–Crippen MR) is 38.4 cm³/mol. The molecule has 0 bridgehead atoms. The fourth-order valence-electron chi connectivity index (χ4n) is 1.34. The van der Waals surface area contributed by atoms with Crippen LogP contribution in [-0.4, -0.2) is 5.11 Å². The van der Waals surface area contributed by atoms with E-state index in [2.05, 4.69) is 0 Å². The molecule has 0 atom stereocenters. The third kappa shape index (κ3) is 3.40. The van der Waals surface area contributed by atoms with Gasteiger partial charge in [0.05, 0.1) is 5.76 Å². The van der Waals surface area contributed by atoms with Gasteiger partial charge in [-0.25, -0.2) is 0 Å². The van der Waals surface area contributed by atoms with E-state index >= 15 is 0 Å². The molecule has 1 saturated carbocycles. The SMILES string of the molecule is CC(O)=C1CCCCC1.[Ac]. The maximum Gasteiger partial charge on any atom is 0.0883 e. The van der Waals surface area contributed by atoms with Crippen molar-refractivity contribution in [1.29, 1.82) is 0 Å². The van der Waals surface area contributed by atoms with Gasteiger partial charge in [-0.1, -0.05) is 6.42 Å². The molecule has 0 aromatic carbocycles. The van der Waals surface area contributed by atoms with E-state index in [4.69, 9.17) is 5.11 Å². The Kier molecular flexibility index (Phi) is 6.16. The summed E-state index contributed by atoms with van der Waals surface area (Å²) in [5, 5.41) is 9.06. The van der Waals surface area contributed by atoms with Crippen molar-refractivity contribution in [3.8, 4) is 0 Å². The van der Waals surface area contributed by atoms with Crippen LogP contribution in [0.1, 0.15) is 39.0 Å². The second kappa shape index (κ2) is 5.61. The van der Waals surface area contributed by atoms with E-state index in [0.29, 0.717) is 5.76 Å². The Morgan fingerprint density at radius 3 is 2.00 bits per heavy atom. The molecule has 55 valence electrons. The van der Waals surface area contributed by atoms with Crippen molar-refractivity contribution in [3.63, 3.8) is 0 Å². The third-order valence-corrected chi connectivity index (χ3v) is 1.97. The molecule has 1 aliphatic rings. The fraction of sp³-hybridized carbons (Fsp3) is 0.750. The Morgan fingerprint density at radius 1 is 1.20 bits per heavy atom. The Hall–Kier alpha value is 0.982. The summed E-state index contributed by atoms with van der Waals surface area (Å²) in [6.07, 6.45) is 6.14. The van der Waals surface area contributed by atoms with E-state index in [0.717, 1.165) is 12.8 Å². The van der Waals surface area contributed by atoms with Gasteiger partial charge in [0, 0.05) is 44.1 Å². The Bertz CT molecular complexity index is 117. The fourth-order valence-corrected chi connectivity index (χ4v) is 1.34. The zero-order valence-electron chi connectivity index (χ0n) is 6.56. The van der Waals surface area contributed by atoms with Gasteiger partial charge in [0.15, 0.2) is 0 Å². The monoisotopic (exact) mass is 353 g/mol. The van der Waals surface area contributed by atoms with E-state index < -0.39 is 0 Å². The maximum absolute atomic E-state index is 9.06. The van der Waals surface area contributed by atoms with Crippen LogP contribution in [0.3, 0.4) is 0 Å². The molecule has 0 aromatic rings. The number of aliphatic hydroxyl groups is 1. The molecule has 0 aliphatic heterocycles. The Balaban J connectivity index is 0.000000810. The average Bonchev–Trinajstić information content (AvgIpc) is 1.90. The summed E-state index contributed by atoms with van der Waals surface area (Å²) in [7, 11) is 0. The molecule has 1 nitrogen and oxygen atoms in total. The molecule has 0 amide bonds. The van der Waals surface area contributed by atoms with E-state index in [9.17, 15) is 0 Å². The predicted octanol–water partition coefficient (Wildman–Crippen LogP) is 2.78. The van der Waals surface area contributed by atoms with E-state index in [1.807, 2.05) is 0 Å². The van der Waals surface area contributed by atoms with Crippen LogP contribution in [0.4, 0.5) is 0 Å². The first-order valence-electron chi connectivity index (χ1n) is 3.68. The summed E-state index contributed by atoms with van der Waals surface area (Å²) in [6.45, 7) is 1.79. The van der Waals surface area contributed by atoms with Crippen molar-refractivity contribution in [2.24, 2.45) is 0 Å². The average molecular weight is 353 g/mol. The van der Waals surface area contributed by atoms with E-state index in [-0.39, 0.29) is 44.1 Å². The molecule has 1 fully saturated rings. The Morgan fingerprint density at radius 2 is 1.70 bits per heavy atom. The molecule has 1 radical (unpaired) electrons. The molecule has 1 aliphatic carbocycles. The summed E-state index contributed by atoms with van der Waals surface area (Å²) in [5.41, 5.74) is 1.28. The summed E-state index contributed by atoms with van der Waals surface area (Å²) in [6, 6.07) is 0. The van der Waals surface area contributed by atoms with Gasteiger partial charge in [-0.15, -0.1) is 0 Å². The van der Waals surface area contributed by atoms with Crippen molar-refractivity contribution in [3.05, 3.63) is 11.3 Å². The standard InChI is InChI=1S/C8H14O.Ac/c1-7(9)8-5-3-2-4-6-8;/h9H,2-6H2,1H3;. The van der Waals surface area contributed by atoms with Crippen LogP contribution in [0.25, 0.3) is 0 Å². The van der Waals surface area contributed by atoms with E-state index in [1.165, 1.54) is 24.8 Å². The molecule has 0 heterocycles. The van der Waals surface area contributed by atoms with Gasteiger partial charge >= 0.3 is 0 Å². The van der Waals surface area contributed by atoms with E-state index in [1.54, 1.807) is 6.92 Å². The maximum atomic E-state index is 9.06. The van der Waals surface area contributed by atoms with Crippen LogP contribution in [0, 0.1) is 44.1 Å². The molecular formula is C8H14AcO. The first kappa shape index (κ1) is 11.0. The van der Waals surface area contributed by atoms with Gasteiger partial charge in [-0.3, -0.25) is 0 Å². The number of aliphatic hydroxyl groups excluding tert-OH is 1. The minimum atomic E-state index is 0. The molecule has 0 saturated heterocycles. The number of hydrogen-bond donors (Lipinski definition) is 1. The second-order valence-electron chi connectivity index (χ2n) is 2.75. The summed E-state index contributed by atoms with van der Waals surface area (Å²) < 4.78 is 0. The normalized spacial score (nSPS) is 17.9. The molecule has 0 spiro atoms. The smallest absolute Gasteiger partial charge is 0.0883 e. The Labute approximate surface area is 98.4 Å². The molecule has 10 heavy (non-hydrogen) atoms. The zero-order chi connectivity index (χ0) is 6.69. The van der Waals surface area contributed by atoms with Gasteiger partial charge in [-0.05, 0) is 38.2 Å². The topological polar surface area (TPSA) is 20.2 Å². The van der Waals surface area contributed by atoms with Crippen molar-refractivity contribution >= 4 is 0 Å². The first-order valence-corrected chi connectivity index (χ1v) is 3.68. The molecule has 1 rings (SSSR count). The van der Waals surface area contributed by atoms with Crippen LogP contribution < -0.4 is 0 Å². The largest absolute Gasteiger partial charge is 0.513 e. The molecule has 1 N–H and O–H groups in total. The quantitative estimate of drug-likeness (QED) is 0.664. The van der Waals surface area contributed by atoms with Gasteiger partial charge in [0.1, 0.15) is 0 Å². The van der Waals surface area contributed by atoms with Crippen molar-refractivity contribution in [2.45, 2.75) is 39.0 Å². The molecule has 2 heteroatoms. The number of allylic oxidation sites excluding steroid dienone is 2. The zero-order valence-corrected chi connectivity index (χ0v) is 11.3. The number of rotatable bonds is 0. The van der Waals surface area contributed by atoms with Gasteiger partial charge in [0.25, 0.3) is 0 Å². The van der Waals surface area contributed by atoms with Gasteiger partial charge in [0.2, 0.25) is 0 Å². The minimum absolute atomic E-state index is 0. The first-order chi connectivity index (χ1) is 4.30. The van der Waals surface area contributed by atoms with Crippen molar-refractivity contribution < 1.29 is 49.2 Å². The summed E-state index contributed by atoms with van der Waals surface area (Å²) in [5.74, 6) is 0.565. The van der Waals surface area contributed by atoms with Crippen LogP contribution in [0.2, 0.25) is 0 Å². The van der Waals surface area contributed by atoms with Crippen LogP contribution >= 0.6 is 0 Å². The van der Waals surface area contributed by atoms with Crippen molar-refractivity contribution in [2.75, 3.05) is 0 Å². The van der Waals surface area contributed by atoms with Crippen LogP contribution in [0.5, 0.6) is 0 Å². The van der Waals surface area contributed by atoms with Crippen LogP contribution in [0.15, 0.2) is 11.3 Å². The van der Waals surface area contributed by atoms with Crippen molar-refractivity contribution in [1.82, 2.24) is 0 Å². The molecule has 0 aromatic heterocycles. The van der Waals surface area contributed by atoms with Gasteiger partial charge < -0.3 is 5.11 Å². The summed E-state index contributed by atoms with van der Waals surface area (Å²) in [4.78, 5) is 0. The molecule has 0 unspecified atom stereocenters. The molecular weight excluding hydrogens is 339 g/mol. The second-order valence-corrected chi connectivity index (χ2v) is 2.75.